The van der Waals surface area contributed by atoms with E-state index in [1.165, 1.54) is 10.9 Å². The molecule has 14 heteroatoms. The van der Waals surface area contributed by atoms with Gasteiger partial charge >= 0.3 is 0 Å². The Balaban J connectivity index is 1.22. The van der Waals surface area contributed by atoms with Crippen molar-refractivity contribution in [2.24, 2.45) is 5.73 Å². The Hall–Kier alpha value is -4.43. The number of aromatic nitrogens is 7. The summed E-state index contributed by atoms with van der Waals surface area (Å²) in [6, 6.07) is 7.39. The number of piperidine rings is 1. The second kappa shape index (κ2) is 13.0. The van der Waals surface area contributed by atoms with Crippen molar-refractivity contribution < 1.29 is 13.9 Å². The molecule has 0 spiro atoms. The van der Waals surface area contributed by atoms with E-state index in [-0.39, 0.29) is 12.5 Å². The molecule has 13 nitrogen and oxygen atoms in total. The first kappa shape index (κ1) is 29.1. The number of nitrogens with one attached hydrogen (secondary N) is 3. The molecule has 0 atom stereocenters. The summed E-state index contributed by atoms with van der Waals surface area (Å²) in [6.45, 7) is 3.95. The summed E-state index contributed by atoms with van der Waals surface area (Å²) in [5.74, 6) is 1.80. The van der Waals surface area contributed by atoms with E-state index in [2.05, 4.69) is 35.8 Å². The number of aryl methyl sites for hydroxylation is 2. The Morgan fingerprint density at radius 3 is 2.64 bits per heavy atom. The monoisotopic (exact) mass is 577 g/mol. The van der Waals surface area contributed by atoms with Gasteiger partial charge in [-0.2, -0.15) is 15.2 Å². The summed E-state index contributed by atoms with van der Waals surface area (Å²) < 4.78 is 20.4. The van der Waals surface area contributed by atoms with E-state index in [1.54, 1.807) is 19.4 Å². The van der Waals surface area contributed by atoms with Crippen LogP contribution in [0.2, 0.25) is 0 Å². The summed E-state index contributed by atoms with van der Waals surface area (Å²) in [5.41, 5.74) is 7.39. The highest BCUT2D eigenvalue weighted by molar-refractivity contribution is 5.85. The number of unbranched alkanes of at least 4 members (excludes halogenated alkanes) is 1. The quantitative estimate of drug-likeness (QED) is 0.184. The third-order valence-electron chi connectivity index (χ3n) is 7.32. The van der Waals surface area contributed by atoms with Gasteiger partial charge in [0.15, 0.2) is 17.5 Å². The number of nitrogens with zero attached hydrogens (tertiary/aromatic N) is 7. The van der Waals surface area contributed by atoms with Gasteiger partial charge in [0.05, 0.1) is 12.4 Å². The zero-order valence-corrected chi connectivity index (χ0v) is 23.8. The lowest BCUT2D eigenvalue weighted by Gasteiger charge is -2.39. The van der Waals surface area contributed by atoms with Gasteiger partial charge in [-0.15, -0.1) is 0 Å². The average Bonchev–Trinajstić information content (AvgIpc) is 3.63. The van der Waals surface area contributed by atoms with Crippen molar-refractivity contribution in [1.82, 2.24) is 40.2 Å². The van der Waals surface area contributed by atoms with Crippen LogP contribution >= 0.6 is 0 Å². The molecule has 1 fully saturated rings. The number of rotatable bonds is 12. The molecule has 1 aliphatic rings. The molecule has 0 bridgehead atoms. The number of pyridine rings is 1. The number of methoxy groups -OCH3 is 1. The Bertz CT molecular complexity index is 1480. The van der Waals surface area contributed by atoms with Crippen LogP contribution in [0.4, 0.5) is 22.0 Å². The van der Waals surface area contributed by atoms with Crippen LogP contribution < -0.4 is 21.3 Å². The molecule has 1 saturated heterocycles. The van der Waals surface area contributed by atoms with Crippen LogP contribution in [0, 0.1) is 12.7 Å². The Kier molecular flexibility index (Phi) is 9.03. The van der Waals surface area contributed by atoms with Crippen molar-refractivity contribution in [3.05, 3.63) is 65.6 Å². The molecule has 4 aromatic heterocycles. The molecule has 42 heavy (non-hydrogen) atoms. The minimum atomic E-state index is -0.969. The van der Waals surface area contributed by atoms with Gasteiger partial charge in [0, 0.05) is 69.3 Å². The summed E-state index contributed by atoms with van der Waals surface area (Å²) in [5, 5.41) is 17.4. The SMILES string of the molecule is COC1(C(=O)NCc2ccc(-n3cc(F)cn3)nc2)CCN(c2nc(CCCCN)cc(Nc3cc(C)[nH]n3)n2)CC1. The molecule has 0 radical (unpaired) electrons. The van der Waals surface area contributed by atoms with Crippen LogP contribution in [-0.4, -0.2) is 73.2 Å². The average molecular weight is 578 g/mol. The summed E-state index contributed by atoms with van der Waals surface area (Å²) >= 11 is 0. The van der Waals surface area contributed by atoms with Crippen LogP contribution in [-0.2, 0) is 22.5 Å². The van der Waals surface area contributed by atoms with Crippen LogP contribution in [0.25, 0.3) is 5.82 Å². The maximum Gasteiger partial charge on any atom is 0.252 e. The number of amides is 1. The van der Waals surface area contributed by atoms with Crippen LogP contribution in [0.3, 0.4) is 0 Å². The smallest absolute Gasteiger partial charge is 0.252 e. The molecule has 5 N–H and O–H groups in total. The highest BCUT2D eigenvalue weighted by atomic mass is 19.1. The lowest BCUT2D eigenvalue weighted by molar-refractivity contribution is -0.146. The van der Waals surface area contributed by atoms with Gasteiger partial charge in [-0.05, 0) is 44.4 Å². The van der Waals surface area contributed by atoms with E-state index in [0.717, 1.165) is 42.4 Å². The largest absolute Gasteiger partial charge is 0.368 e. The van der Waals surface area contributed by atoms with Gasteiger partial charge < -0.3 is 26.0 Å². The Labute approximate surface area is 243 Å². The molecule has 0 aliphatic carbocycles. The number of carbonyl (C=O) groups is 1. The molecule has 0 unspecified atom stereocenters. The summed E-state index contributed by atoms with van der Waals surface area (Å²) in [4.78, 5) is 29.3. The third-order valence-corrected chi connectivity index (χ3v) is 7.32. The molecule has 1 aliphatic heterocycles. The standard InChI is InChI=1S/C28H36FN11O2/c1-19-13-24(38-37-19)35-23-14-22(5-3-4-10-30)34-27(36-23)39-11-8-28(42-2,9-12-39)26(41)32-16-20-6-7-25(31-15-20)40-18-21(29)17-33-40/h6-7,13-15,17-18H,3-5,8-12,16,30H2,1-2H3,(H,32,41)(H2,34,35,36,37,38). The van der Waals surface area contributed by atoms with Crippen molar-refractivity contribution >= 4 is 23.5 Å². The van der Waals surface area contributed by atoms with Gasteiger partial charge in [-0.1, -0.05) is 6.07 Å². The number of hydrogen-bond acceptors (Lipinski definition) is 10. The second-order valence-electron chi connectivity index (χ2n) is 10.3. The number of carbonyl (C=O) groups excluding carboxylic acids is 1. The highest BCUT2D eigenvalue weighted by Crippen LogP contribution is 2.29. The minimum absolute atomic E-state index is 0.185. The molecular weight excluding hydrogens is 541 g/mol. The van der Waals surface area contributed by atoms with E-state index < -0.39 is 11.4 Å². The Morgan fingerprint density at radius 2 is 2.00 bits per heavy atom. The van der Waals surface area contributed by atoms with Crippen molar-refractivity contribution in [3.63, 3.8) is 0 Å². The Morgan fingerprint density at radius 1 is 1.17 bits per heavy atom. The number of H-pyrrole nitrogens is 1. The molecule has 0 aromatic carbocycles. The van der Waals surface area contributed by atoms with Crippen LogP contribution in [0.1, 0.15) is 42.6 Å². The van der Waals surface area contributed by atoms with Crippen molar-refractivity contribution in [3.8, 4) is 5.82 Å². The zero-order valence-electron chi connectivity index (χ0n) is 23.8. The zero-order chi connectivity index (χ0) is 29.5. The molecule has 5 rings (SSSR count). The van der Waals surface area contributed by atoms with E-state index >= 15 is 0 Å². The van der Waals surface area contributed by atoms with Crippen molar-refractivity contribution in [2.45, 2.75) is 51.2 Å². The lowest BCUT2D eigenvalue weighted by Crippen LogP contribution is -2.55. The molecule has 1 amide bonds. The molecule has 0 saturated carbocycles. The molecule has 5 heterocycles. The van der Waals surface area contributed by atoms with Crippen molar-refractivity contribution in [1.29, 1.82) is 0 Å². The lowest BCUT2D eigenvalue weighted by atomic mass is 9.90. The van der Waals surface area contributed by atoms with Gasteiger partial charge in [-0.25, -0.2) is 19.0 Å². The number of halogens is 1. The minimum Gasteiger partial charge on any atom is -0.368 e. The highest BCUT2D eigenvalue weighted by Gasteiger charge is 2.42. The fraction of sp³-hybridized carbons (Fsp3) is 0.429. The predicted molar refractivity (Wildman–Crippen MR) is 155 cm³/mol. The number of aromatic amines is 1. The van der Waals surface area contributed by atoms with Crippen LogP contribution in [0.5, 0.6) is 0 Å². The maximum atomic E-state index is 13.3. The first-order valence-electron chi connectivity index (χ1n) is 14.0. The number of nitrogens with two attached hydrogens (primary N) is 1. The van der Waals surface area contributed by atoms with E-state index in [9.17, 15) is 9.18 Å². The third kappa shape index (κ3) is 6.89. The molecule has 222 valence electrons. The summed E-state index contributed by atoms with van der Waals surface area (Å²) in [6.07, 6.45) is 7.58. The first-order chi connectivity index (χ1) is 20.4. The van der Waals surface area contributed by atoms with E-state index in [4.69, 9.17) is 20.4 Å². The first-order valence-corrected chi connectivity index (χ1v) is 14.0. The number of ether oxygens (including phenoxy) is 1. The van der Waals surface area contributed by atoms with E-state index in [0.29, 0.717) is 55.9 Å². The van der Waals surface area contributed by atoms with Gasteiger partial charge in [-0.3, -0.25) is 9.89 Å². The fourth-order valence-corrected chi connectivity index (χ4v) is 4.90. The number of anilines is 3. The van der Waals surface area contributed by atoms with Crippen LogP contribution in [0.15, 0.2) is 42.9 Å². The predicted octanol–water partition coefficient (Wildman–Crippen LogP) is 2.55. The molecule has 4 aromatic rings. The van der Waals surface area contributed by atoms with Gasteiger partial charge in [0.2, 0.25) is 5.95 Å². The molecular formula is C28H36FN11O2. The summed E-state index contributed by atoms with van der Waals surface area (Å²) in [7, 11) is 1.57. The topological polar surface area (TPSA) is 165 Å². The second-order valence-corrected chi connectivity index (χ2v) is 10.3. The van der Waals surface area contributed by atoms with E-state index in [1.807, 2.05) is 25.1 Å². The normalized spacial score (nSPS) is 14.6. The maximum absolute atomic E-state index is 13.3. The van der Waals surface area contributed by atoms with Crippen molar-refractivity contribution in [2.75, 3.05) is 37.0 Å². The fourth-order valence-electron chi connectivity index (χ4n) is 4.90. The van der Waals surface area contributed by atoms with Gasteiger partial charge in [0.1, 0.15) is 11.4 Å². The number of hydrogen-bond donors (Lipinski definition) is 4. The van der Waals surface area contributed by atoms with Gasteiger partial charge in [0.25, 0.3) is 5.91 Å².